The van der Waals surface area contributed by atoms with E-state index in [0.29, 0.717) is 24.1 Å². The van der Waals surface area contributed by atoms with E-state index < -0.39 is 0 Å². The molecular formula is C25H30N4O. The number of hydrogen-bond acceptors (Lipinski definition) is 4. The molecule has 0 atom stereocenters. The third-order valence-electron chi connectivity index (χ3n) is 5.84. The Morgan fingerprint density at radius 2 is 1.67 bits per heavy atom. The van der Waals surface area contributed by atoms with Gasteiger partial charge in [0.05, 0.1) is 0 Å². The maximum Gasteiger partial charge on any atom is 0.272 e. The number of nitrogens with zero attached hydrogens (tertiary/aromatic N) is 3. The number of benzene rings is 2. The lowest BCUT2D eigenvalue weighted by atomic mass is 9.90. The van der Waals surface area contributed by atoms with Crippen molar-refractivity contribution in [3.8, 4) is 0 Å². The minimum Gasteiger partial charge on any atom is -0.355 e. The van der Waals surface area contributed by atoms with Crippen molar-refractivity contribution in [3.05, 3.63) is 65.9 Å². The van der Waals surface area contributed by atoms with Crippen molar-refractivity contribution in [2.45, 2.75) is 33.1 Å². The van der Waals surface area contributed by atoms with Crippen LogP contribution in [0.4, 0.5) is 5.82 Å². The van der Waals surface area contributed by atoms with Crippen LogP contribution in [0.3, 0.4) is 0 Å². The molecule has 0 aliphatic carbocycles. The summed E-state index contributed by atoms with van der Waals surface area (Å²) >= 11 is 0. The molecule has 1 fully saturated rings. The molecule has 1 N–H and O–H groups in total. The quantitative estimate of drug-likeness (QED) is 0.661. The smallest absolute Gasteiger partial charge is 0.272 e. The minimum atomic E-state index is -0.152. The number of amides is 1. The molecule has 0 bridgehead atoms. The first-order chi connectivity index (χ1) is 14.6. The highest BCUT2D eigenvalue weighted by Gasteiger charge is 2.24. The van der Waals surface area contributed by atoms with E-state index in [1.807, 2.05) is 18.2 Å². The van der Waals surface area contributed by atoms with E-state index >= 15 is 0 Å². The van der Waals surface area contributed by atoms with E-state index in [4.69, 9.17) is 0 Å². The largest absolute Gasteiger partial charge is 0.355 e. The van der Waals surface area contributed by atoms with Gasteiger partial charge in [0.25, 0.3) is 5.91 Å². The molecule has 0 spiro atoms. The maximum atomic E-state index is 12.6. The second-order valence-corrected chi connectivity index (χ2v) is 8.64. The van der Waals surface area contributed by atoms with Gasteiger partial charge in [-0.2, -0.15) is 0 Å². The molecule has 1 aliphatic heterocycles. The van der Waals surface area contributed by atoms with Crippen molar-refractivity contribution < 1.29 is 4.79 Å². The van der Waals surface area contributed by atoms with Gasteiger partial charge in [-0.3, -0.25) is 4.79 Å². The van der Waals surface area contributed by atoms with Crippen LogP contribution in [0.5, 0.6) is 0 Å². The maximum absolute atomic E-state index is 12.6. The highest BCUT2D eigenvalue weighted by Crippen LogP contribution is 2.30. The minimum absolute atomic E-state index is 0.152. The van der Waals surface area contributed by atoms with Gasteiger partial charge in [-0.1, -0.05) is 68.4 Å². The highest BCUT2D eigenvalue weighted by atomic mass is 16.1. The van der Waals surface area contributed by atoms with Crippen LogP contribution in [0, 0.1) is 11.8 Å². The van der Waals surface area contributed by atoms with Crippen LogP contribution >= 0.6 is 0 Å². The normalized spacial score (nSPS) is 15.0. The topological polar surface area (TPSA) is 58.1 Å². The molecule has 2 aromatic carbocycles. The average molecular weight is 403 g/mol. The van der Waals surface area contributed by atoms with Gasteiger partial charge in [0.1, 0.15) is 0 Å². The predicted molar refractivity (Wildman–Crippen MR) is 122 cm³/mol. The molecule has 1 saturated heterocycles. The summed E-state index contributed by atoms with van der Waals surface area (Å²) in [7, 11) is 0. The Balaban J connectivity index is 1.50. The molecule has 1 aromatic heterocycles. The van der Waals surface area contributed by atoms with Gasteiger partial charge in [0.2, 0.25) is 0 Å². The summed E-state index contributed by atoms with van der Waals surface area (Å²) in [6.45, 7) is 6.72. The molecule has 0 unspecified atom stereocenters. The van der Waals surface area contributed by atoms with Crippen molar-refractivity contribution in [1.29, 1.82) is 0 Å². The standard InChI is InChI=1S/C25H30N4O/c1-18(2)17-26-25(30)23-21-10-6-7-11-22(21)24(28-27-23)29-14-12-20(13-15-29)16-19-8-4-3-5-9-19/h3-11,18,20H,12-17H2,1-2H3,(H,26,30). The molecule has 0 saturated carbocycles. The second kappa shape index (κ2) is 9.24. The number of nitrogens with one attached hydrogen (secondary N) is 1. The zero-order chi connectivity index (χ0) is 20.9. The van der Waals surface area contributed by atoms with Crippen LogP contribution in [0.15, 0.2) is 54.6 Å². The molecule has 30 heavy (non-hydrogen) atoms. The van der Waals surface area contributed by atoms with Crippen molar-refractivity contribution in [2.75, 3.05) is 24.5 Å². The van der Waals surface area contributed by atoms with E-state index in [1.54, 1.807) is 0 Å². The molecule has 3 aromatic rings. The number of anilines is 1. The monoisotopic (exact) mass is 402 g/mol. The Bertz CT molecular complexity index is 994. The van der Waals surface area contributed by atoms with Gasteiger partial charge in [0, 0.05) is 30.4 Å². The highest BCUT2D eigenvalue weighted by molar-refractivity contribution is 6.07. The van der Waals surface area contributed by atoms with Crippen LogP contribution in [0.25, 0.3) is 10.8 Å². The number of carbonyl (C=O) groups is 1. The molecular weight excluding hydrogens is 372 g/mol. The summed E-state index contributed by atoms with van der Waals surface area (Å²) in [5.74, 6) is 1.83. The Labute approximate surface area is 178 Å². The zero-order valence-electron chi connectivity index (χ0n) is 17.8. The first-order valence-electron chi connectivity index (χ1n) is 10.9. The lowest BCUT2D eigenvalue weighted by Crippen LogP contribution is -2.35. The lowest BCUT2D eigenvalue weighted by Gasteiger charge is -2.33. The van der Waals surface area contributed by atoms with Gasteiger partial charge < -0.3 is 10.2 Å². The van der Waals surface area contributed by atoms with Gasteiger partial charge in [-0.15, -0.1) is 10.2 Å². The molecule has 2 heterocycles. The van der Waals surface area contributed by atoms with Gasteiger partial charge in [-0.25, -0.2) is 0 Å². The number of piperidine rings is 1. The summed E-state index contributed by atoms with van der Waals surface area (Å²) in [4.78, 5) is 15.0. The molecule has 5 nitrogen and oxygen atoms in total. The van der Waals surface area contributed by atoms with Crippen LogP contribution in [-0.2, 0) is 6.42 Å². The number of carbonyl (C=O) groups excluding carboxylic acids is 1. The molecule has 0 radical (unpaired) electrons. The van der Waals surface area contributed by atoms with Crippen molar-refractivity contribution in [3.63, 3.8) is 0 Å². The van der Waals surface area contributed by atoms with E-state index in [9.17, 15) is 4.79 Å². The van der Waals surface area contributed by atoms with E-state index in [1.165, 1.54) is 5.56 Å². The van der Waals surface area contributed by atoms with Gasteiger partial charge >= 0.3 is 0 Å². The lowest BCUT2D eigenvalue weighted by molar-refractivity contribution is 0.0945. The second-order valence-electron chi connectivity index (χ2n) is 8.64. The van der Waals surface area contributed by atoms with Gasteiger partial charge in [-0.05, 0) is 36.7 Å². The molecule has 1 aliphatic rings. The van der Waals surface area contributed by atoms with E-state index in [0.717, 1.165) is 48.9 Å². The van der Waals surface area contributed by atoms with Crippen LogP contribution in [-0.4, -0.2) is 35.7 Å². The number of aromatic nitrogens is 2. The fraction of sp³-hybridized carbons (Fsp3) is 0.400. The van der Waals surface area contributed by atoms with Crippen molar-refractivity contribution >= 4 is 22.5 Å². The Morgan fingerprint density at radius 1 is 1.00 bits per heavy atom. The Kier molecular flexibility index (Phi) is 6.26. The zero-order valence-corrected chi connectivity index (χ0v) is 17.8. The number of hydrogen-bond donors (Lipinski definition) is 1. The molecule has 4 rings (SSSR count). The number of rotatable bonds is 6. The first-order valence-corrected chi connectivity index (χ1v) is 10.9. The SMILES string of the molecule is CC(C)CNC(=O)c1nnc(N2CCC(Cc3ccccc3)CC2)c2ccccc12. The number of fused-ring (bicyclic) bond motifs is 1. The summed E-state index contributed by atoms with van der Waals surface area (Å²) in [6.07, 6.45) is 3.42. The van der Waals surface area contributed by atoms with E-state index in [-0.39, 0.29) is 5.91 Å². The van der Waals surface area contributed by atoms with E-state index in [2.05, 4.69) is 70.7 Å². The van der Waals surface area contributed by atoms with Crippen LogP contribution in [0.1, 0.15) is 42.7 Å². The van der Waals surface area contributed by atoms with Crippen molar-refractivity contribution in [1.82, 2.24) is 15.5 Å². The Morgan fingerprint density at radius 3 is 2.37 bits per heavy atom. The van der Waals surface area contributed by atoms with Crippen molar-refractivity contribution in [2.24, 2.45) is 11.8 Å². The third kappa shape index (κ3) is 4.61. The van der Waals surface area contributed by atoms with Crippen LogP contribution in [0.2, 0.25) is 0 Å². The first kappa shape index (κ1) is 20.3. The summed E-state index contributed by atoms with van der Waals surface area (Å²) < 4.78 is 0. The fourth-order valence-corrected chi connectivity index (χ4v) is 4.17. The Hall–Kier alpha value is -2.95. The summed E-state index contributed by atoms with van der Waals surface area (Å²) in [5.41, 5.74) is 1.83. The average Bonchev–Trinajstić information content (AvgIpc) is 2.78. The summed E-state index contributed by atoms with van der Waals surface area (Å²) in [5, 5.41) is 13.7. The molecule has 1 amide bonds. The van der Waals surface area contributed by atoms with Crippen LogP contribution < -0.4 is 10.2 Å². The summed E-state index contributed by atoms with van der Waals surface area (Å²) in [6, 6.07) is 18.7. The molecule has 5 heteroatoms. The van der Waals surface area contributed by atoms with Gasteiger partial charge in [0.15, 0.2) is 11.5 Å². The fourth-order valence-electron chi connectivity index (χ4n) is 4.17. The third-order valence-corrected chi connectivity index (χ3v) is 5.84. The molecule has 156 valence electrons. The predicted octanol–water partition coefficient (Wildman–Crippen LogP) is 4.47.